The summed E-state index contributed by atoms with van der Waals surface area (Å²) in [4.78, 5) is 15.6. The fraction of sp³-hybridized carbons (Fsp3) is 0.345. The van der Waals surface area contributed by atoms with Crippen molar-refractivity contribution < 1.29 is 17.9 Å². The summed E-state index contributed by atoms with van der Waals surface area (Å²) >= 11 is 0. The largest absolute Gasteiger partial charge is 0.492 e. The van der Waals surface area contributed by atoms with Gasteiger partial charge in [-0.2, -0.15) is 0 Å². The monoisotopic (exact) mass is 521 g/mol. The van der Waals surface area contributed by atoms with E-state index in [1.807, 2.05) is 26.0 Å². The maximum Gasteiger partial charge on any atom is 0.264 e. The van der Waals surface area contributed by atoms with E-state index in [0.717, 1.165) is 35.1 Å². The van der Waals surface area contributed by atoms with Crippen LogP contribution in [0, 0.1) is 6.92 Å². The van der Waals surface area contributed by atoms with Crippen molar-refractivity contribution in [3.05, 3.63) is 89.5 Å². The zero-order valence-electron chi connectivity index (χ0n) is 21.5. The van der Waals surface area contributed by atoms with Gasteiger partial charge >= 0.3 is 0 Å². The van der Waals surface area contributed by atoms with Crippen molar-refractivity contribution >= 4 is 21.6 Å². The lowest BCUT2D eigenvalue weighted by molar-refractivity contribution is -0.119. The van der Waals surface area contributed by atoms with Crippen LogP contribution in [-0.4, -0.2) is 45.5 Å². The lowest BCUT2D eigenvalue weighted by Gasteiger charge is -2.26. The number of anilines is 1. The SMILES string of the molecule is CCOc1ccccc1N(CC(=O)NCc1ccc(CN2CCCC2)cc1)S(=O)(=O)c1ccc(C)cc1. The molecule has 0 spiro atoms. The summed E-state index contributed by atoms with van der Waals surface area (Å²) in [5.41, 5.74) is 3.48. The van der Waals surface area contributed by atoms with Crippen LogP contribution in [0.2, 0.25) is 0 Å². The first-order chi connectivity index (χ1) is 17.9. The number of benzene rings is 3. The van der Waals surface area contributed by atoms with Gasteiger partial charge in [0, 0.05) is 13.1 Å². The Bertz CT molecular complexity index is 1290. The molecule has 0 aromatic heterocycles. The Morgan fingerprint density at radius 1 is 0.946 bits per heavy atom. The minimum absolute atomic E-state index is 0.116. The van der Waals surface area contributed by atoms with E-state index in [4.69, 9.17) is 4.74 Å². The molecule has 8 heteroatoms. The summed E-state index contributed by atoms with van der Waals surface area (Å²) in [5, 5.41) is 2.88. The van der Waals surface area contributed by atoms with Crippen LogP contribution in [0.15, 0.2) is 77.7 Å². The number of nitrogens with zero attached hydrogens (tertiary/aromatic N) is 2. The van der Waals surface area contributed by atoms with Gasteiger partial charge in [0.15, 0.2) is 0 Å². The van der Waals surface area contributed by atoms with Crippen LogP contribution < -0.4 is 14.4 Å². The number of aryl methyl sites for hydroxylation is 1. The van der Waals surface area contributed by atoms with E-state index in [2.05, 4.69) is 22.3 Å². The molecule has 0 saturated carbocycles. The molecule has 0 bridgehead atoms. The Kier molecular flexibility index (Phi) is 8.84. The molecule has 3 aromatic rings. The number of para-hydroxylation sites is 2. The fourth-order valence-electron chi connectivity index (χ4n) is 4.43. The highest BCUT2D eigenvalue weighted by Gasteiger charge is 2.29. The zero-order chi connectivity index (χ0) is 26.3. The van der Waals surface area contributed by atoms with Gasteiger partial charge in [0.25, 0.3) is 10.0 Å². The number of rotatable bonds is 11. The smallest absolute Gasteiger partial charge is 0.264 e. The van der Waals surface area contributed by atoms with Gasteiger partial charge in [-0.15, -0.1) is 0 Å². The number of ether oxygens (including phenoxy) is 1. The Morgan fingerprint density at radius 3 is 2.27 bits per heavy atom. The van der Waals surface area contributed by atoms with Gasteiger partial charge in [0.05, 0.1) is 17.2 Å². The molecule has 0 aliphatic carbocycles. The number of carbonyl (C=O) groups is 1. The second-order valence-corrected chi connectivity index (χ2v) is 11.2. The molecule has 0 unspecified atom stereocenters. The average molecular weight is 522 g/mol. The first-order valence-electron chi connectivity index (χ1n) is 12.7. The van der Waals surface area contributed by atoms with Crippen molar-refractivity contribution in [1.29, 1.82) is 0 Å². The molecule has 37 heavy (non-hydrogen) atoms. The molecule has 1 amide bonds. The van der Waals surface area contributed by atoms with Crippen molar-refractivity contribution in [3.63, 3.8) is 0 Å². The number of nitrogens with one attached hydrogen (secondary N) is 1. The molecule has 196 valence electrons. The van der Waals surface area contributed by atoms with Crippen molar-refractivity contribution in [3.8, 4) is 5.75 Å². The van der Waals surface area contributed by atoms with Crippen LogP contribution in [0.1, 0.15) is 36.5 Å². The van der Waals surface area contributed by atoms with Crippen molar-refractivity contribution in [1.82, 2.24) is 10.2 Å². The van der Waals surface area contributed by atoms with Gasteiger partial charge in [-0.25, -0.2) is 8.42 Å². The molecular formula is C29H35N3O4S. The van der Waals surface area contributed by atoms with E-state index in [0.29, 0.717) is 24.6 Å². The minimum atomic E-state index is -4.02. The van der Waals surface area contributed by atoms with E-state index >= 15 is 0 Å². The second-order valence-electron chi connectivity index (χ2n) is 9.30. The van der Waals surface area contributed by atoms with Gasteiger partial charge in [-0.1, -0.05) is 54.1 Å². The maximum atomic E-state index is 13.7. The Labute approximate surface area is 220 Å². The molecule has 1 fully saturated rings. The van der Waals surface area contributed by atoms with Crippen LogP contribution in [0.5, 0.6) is 5.75 Å². The van der Waals surface area contributed by atoms with Crippen LogP contribution in [-0.2, 0) is 27.9 Å². The van der Waals surface area contributed by atoms with Crippen LogP contribution in [0.25, 0.3) is 0 Å². The summed E-state index contributed by atoms with van der Waals surface area (Å²) < 4.78 is 34.2. The molecule has 4 rings (SSSR count). The number of carbonyl (C=O) groups excluding carboxylic acids is 1. The quantitative estimate of drug-likeness (QED) is 0.402. The van der Waals surface area contributed by atoms with Crippen molar-refractivity contribution in [2.24, 2.45) is 0 Å². The first-order valence-corrected chi connectivity index (χ1v) is 14.2. The molecule has 0 atom stereocenters. The molecule has 3 aromatic carbocycles. The van der Waals surface area contributed by atoms with Crippen LogP contribution in [0.3, 0.4) is 0 Å². The van der Waals surface area contributed by atoms with Gasteiger partial charge < -0.3 is 10.1 Å². The van der Waals surface area contributed by atoms with E-state index in [1.54, 1.807) is 48.5 Å². The van der Waals surface area contributed by atoms with Crippen molar-refractivity contribution in [2.45, 2.75) is 44.7 Å². The predicted octanol–water partition coefficient (Wildman–Crippen LogP) is 4.50. The second kappa shape index (κ2) is 12.3. The van der Waals surface area contributed by atoms with Crippen LogP contribution in [0.4, 0.5) is 5.69 Å². The Hall–Kier alpha value is -3.36. The third-order valence-corrected chi connectivity index (χ3v) is 8.22. The summed E-state index contributed by atoms with van der Waals surface area (Å²) in [6, 6.07) is 21.7. The van der Waals surface area contributed by atoms with E-state index in [1.165, 1.54) is 18.4 Å². The first kappa shape index (κ1) is 26.7. The Balaban J connectivity index is 1.49. The highest BCUT2D eigenvalue weighted by Crippen LogP contribution is 2.32. The van der Waals surface area contributed by atoms with E-state index < -0.39 is 15.9 Å². The zero-order valence-corrected chi connectivity index (χ0v) is 22.3. The lowest BCUT2D eigenvalue weighted by atomic mass is 10.1. The number of hydrogen-bond acceptors (Lipinski definition) is 5. The van der Waals surface area contributed by atoms with Crippen LogP contribution >= 0.6 is 0 Å². The number of sulfonamides is 1. The summed E-state index contributed by atoms with van der Waals surface area (Å²) in [6.45, 7) is 7.27. The normalized spacial score (nSPS) is 13.9. The number of amides is 1. The molecule has 1 heterocycles. The maximum absolute atomic E-state index is 13.7. The van der Waals surface area contributed by atoms with E-state index in [-0.39, 0.29) is 11.4 Å². The Morgan fingerprint density at radius 2 is 1.59 bits per heavy atom. The third-order valence-electron chi connectivity index (χ3n) is 6.45. The van der Waals surface area contributed by atoms with Gasteiger partial charge in [-0.05, 0) is 75.2 Å². The molecule has 0 radical (unpaired) electrons. The lowest BCUT2D eigenvalue weighted by Crippen LogP contribution is -2.40. The van der Waals surface area contributed by atoms with Gasteiger partial charge in [0.2, 0.25) is 5.91 Å². The topological polar surface area (TPSA) is 79.0 Å². The van der Waals surface area contributed by atoms with Gasteiger partial charge in [-0.3, -0.25) is 14.0 Å². The molecule has 1 saturated heterocycles. The summed E-state index contributed by atoms with van der Waals surface area (Å²) in [5.74, 6) is 0.00482. The molecule has 1 N–H and O–H groups in total. The standard InChI is InChI=1S/C29H35N3O4S/c1-3-36-28-9-5-4-8-27(28)32(37(34,35)26-16-10-23(2)11-17-26)22-29(33)30-20-24-12-14-25(15-13-24)21-31-18-6-7-19-31/h4-5,8-17H,3,6-7,18-22H2,1-2H3,(H,30,33). The highest BCUT2D eigenvalue weighted by atomic mass is 32.2. The highest BCUT2D eigenvalue weighted by molar-refractivity contribution is 7.92. The number of hydrogen-bond donors (Lipinski definition) is 1. The summed E-state index contributed by atoms with van der Waals surface area (Å²) in [7, 11) is -4.02. The molecule has 7 nitrogen and oxygen atoms in total. The molecule has 1 aliphatic rings. The summed E-state index contributed by atoms with van der Waals surface area (Å²) in [6.07, 6.45) is 2.52. The number of likely N-dealkylation sites (tertiary alicyclic amines) is 1. The molecular weight excluding hydrogens is 486 g/mol. The fourth-order valence-corrected chi connectivity index (χ4v) is 5.86. The predicted molar refractivity (Wildman–Crippen MR) is 146 cm³/mol. The van der Waals surface area contributed by atoms with Gasteiger partial charge in [0.1, 0.15) is 12.3 Å². The van der Waals surface area contributed by atoms with Crippen molar-refractivity contribution in [2.75, 3.05) is 30.5 Å². The van der Waals surface area contributed by atoms with E-state index in [9.17, 15) is 13.2 Å². The molecule has 1 aliphatic heterocycles. The minimum Gasteiger partial charge on any atom is -0.492 e. The third kappa shape index (κ3) is 6.90. The average Bonchev–Trinajstić information content (AvgIpc) is 3.41.